The average Bonchev–Trinajstić information content (AvgIpc) is 2.67. The Hall–Kier alpha value is -1.80. The van der Waals surface area contributed by atoms with E-state index < -0.39 is 0 Å². The fraction of sp³-hybridized carbons (Fsp3) is 0.435. The van der Waals surface area contributed by atoms with E-state index in [0.29, 0.717) is 13.2 Å². The fourth-order valence-corrected chi connectivity index (χ4v) is 3.49. The van der Waals surface area contributed by atoms with Crippen LogP contribution in [0.15, 0.2) is 53.5 Å². The third-order valence-electron chi connectivity index (χ3n) is 4.79. The lowest BCUT2D eigenvalue weighted by molar-refractivity contribution is 0.0694. The first-order chi connectivity index (χ1) is 13.5. The topological polar surface area (TPSA) is 54.9 Å². The zero-order valence-corrected chi connectivity index (χ0v) is 20.0. The number of fused-ring (bicyclic) bond motifs is 1. The number of guanidine groups is 1. The Morgan fingerprint density at radius 1 is 1.14 bits per heavy atom. The van der Waals surface area contributed by atoms with Gasteiger partial charge < -0.3 is 20.1 Å². The maximum atomic E-state index is 6.14. The first kappa shape index (κ1) is 23.5. The summed E-state index contributed by atoms with van der Waals surface area (Å²) >= 11 is 0. The van der Waals surface area contributed by atoms with Crippen LogP contribution < -0.4 is 15.4 Å². The molecule has 1 heterocycles. The van der Waals surface area contributed by atoms with Crippen molar-refractivity contribution in [3.05, 3.63) is 65.2 Å². The molecule has 0 amide bonds. The highest BCUT2D eigenvalue weighted by Gasteiger charge is 2.33. The summed E-state index contributed by atoms with van der Waals surface area (Å²) in [6.07, 6.45) is 0.875. The van der Waals surface area contributed by atoms with Crippen LogP contribution in [-0.4, -0.2) is 25.2 Å². The second kappa shape index (κ2) is 10.8. The lowest BCUT2D eigenvalue weighted by atomic mass is 9.90. The molecule has 6 heteroatoms. The number of hydrogen-bond acceptors (Lipinski definition) is 3. The molecule has 1 unspecified atom stereocenters. The van der Waals surface area contributed by atoms with E-state index in [0.717, 1.165) is 24.7 Å². The zero-order chi connectivity index (χ0) is 20.0. The molecule has 1 aliphatic heterocycles. The smallest absolute Gasteiger partial charge is 0.192 e. The van der Waals surface area contributed by atoms with Gasteiger partial charge >= 0.3 is 0 Å². The molecule has 0 saturated carbocycles. The molecule has 158 valence electrons. The van der Waals surface area contributed by atoms with Crippen LogP contribution in [0, 0.1) is 0 Å². The number of hydrogen-bond donors (Lipinski definition) is 2. The summed E-state index contributed by atoms with van der Waals surface area (Å²) in [5, 5.41) is 6.98. The summed E-state index contributed by atoms with van der Waals surface area (Å²) in [5.41, 5.74) is 3.29. The van der Waals surface area contributed by atoms with Gasteiger partial charge in [-0.15, -0.1) is 24.0 Å². The molecular formula is C23H32IN3O2. The van der Waals surface area contributed by atoms with Crippen LogP contribution in [0.5, 0.6) is 5.75 Å². The van der Waals surface area contributed by atoms with Gasteiger partial charge in [0.1, 0.15) is 11.4 Å². The van der Waals surface area contributed by atoms with Crippen molar-refractivity contribution in [2.75, 3.05) is 13.7 Å². The number of halogens is 1. The van der Waals surface area contributed by atoms with Crippen molar-refractivity contribution in [2.24, 2.45) is 4.99 Å². The first-order valence-electron chi connectivity index (χ1n) is 9.90. The molecule has 0 aromatic heterocycles. The van der Waals surface area contributed by atoms with Crippen molar-refractivity contribution in [2.45, 2.75) is 52.0 Å². The van der Waals surface area contributed by atoms with E-state index in [1.165, 1.54) is 16.7 Å². The summed E-state index contributed by atoms with van der Waals surface area (Å²) in [6.45, 7) is 8.40. The standard InChI is InChI=1S/C23H31N3O2.HI/c1-5-24-22(25-15-17-10-12-18(13-11-17)16-27-4)26-20-14-23(2,3)28-21-9-7-6-8-19(20)21;/h6-13,20H,5,14-16H2,1-4H3,(H2,24,25,26);1H. The molecule has 0 saturated heterocycles. The van der Waals surface area contributed by atoms with E-state index in [-0.39, 0.29) is 35.6 Å². The number of rotatable bonds is 6. The van der Waals surface area contributed by atoms with Gasteiger partial charge in [0.05, 0.1) is 19.2 Å². The van der Waals surface area contributed by atoms with Gasteiger partial charge in [-0.1, -0.05) is 42.5 Å². The summed E-state index contributed by atoms with van der Waals surface area (Å²) in [5.74, 6) is 1.77. The average molecular weight is 509 g/mol. The number of methoxy groups -OCH3 is 1. The van der Waals surface area contributed by atoms with Gasteiger partial charge in [-0.3, -0.25) is 0 Å². The van der Waals surface area contributed by atoms with Crippen LogP contribution in [0.4, 0.5) is 0 Å². The van der Waals surface area contributed by atoms with E-state index in [1.807, 2.05) is 12.1 Å². The Morgan fingerprint density at radius 3 is 2.52 bits per heavy atom. The van der Waals surface area contributed by atoms with Gasteiger partial charge in [0.15, 0.2) is 5.96 Å². The van der Waals surface area contributed by atoms with E-state index in [9.17, 15) is 0 Å². The van der Waals surface area contributed by atoms with Crippen molar-refractivity contribution in [1.82, 2.24) is 10.6 Å². The van der Waals surface area contributed by atoms with E-state index >= 15 is 0 Å². The number of nitrogens with one attached hydrogen (secondary N) is 2. The van der Waals surface area contributed by atoms with Gasteiger partial charge in [-0.25, -0.2) is 4.99 Å². The summed E-state index contributed by atoms with van der Waals surface area (Å²) < 4.78 is 11.3. The van der Waals surface area contributed by atoms with Crippen LogP contribution in [-0.2, 0) is 17.9 Å². The van der Waals surface area contributed by atoms with Gasteiger partial charge in [0.25, 0.3) is 0 Å². The molecule has 0 bridgehead atoms. The molecule has 29 heavy (non-hydrogen) atoms. The van der Waals surface area contributed by atoms with Gasteiger partial charge in [0.2, 0.25) is 0 Å². The molecule has 0 radical (unpaired) electrons. The maximum Gasteiger partial charge on any atom is 0.192 e. The zero-order valence-electron chi connectivity index (χ0n) is 17.7. The van der Waals surface area contributed by atoms with Crippen LogP contribution in [0.2, 0.25) is 0 Å². The molecule has 2 aromatic carbocycles. The number of nitrogens with zero attached hydrogens (tertiary/aromatic N) is 1. The minimum absolute atomic E-state index is 0. The van der Waals surface area contributed by atoms with E-state index in [4.69, 9.17) is 14.5 Å². The maximum absolute atomic E-state index is 6.14. The highest BCUT2D eigenvalue weighted by molar-refractivity contribution is 14.0. The predicted molar refractivity (Wildman–Crippen MR) is 129 cm³/mol. The molecule has 3 rings (SSSR count). The number of benzene rings is 2. The van der Waals surface area contributed by atoms with Crippen molar-refractivity contribution >= 4 is 29.9 Å². The molecule has 0 aliphatic carbocycles. The Labute approximate surface area is 191 Å². The molecule has 1 aliphatic rings. The van der Waals surface area contributed by atoms with Crippen molar-refractivity contribution in [3.63, 3.8) is 0 Å². The molecule has 5 nitrogen and oxygen atoms in total. The van der Waals surface area contributed by atoms with Crippen LogP contribution >= 0.6 is 24.0 Å². The minimum atomic E-state index is -0.222. The first-order valence-corrected chi connectivity index (χ1v) is 9.90. The Balaban J connectivity index is 0.00000300. The fourth-order valence-electron chi connectivity index (χ4n) is 3.49. The molecule has 2 N–H and O–H groups in total. The summed E-state index contributed by atoms with van der Waals surface area (Å²) in [4.78, 5) is 4.80. The summed E-state index contributed by atoms with van der Waals surface area (Å²) in [7, 11) is 1.71. The molecule has 1 atom stereocenters. The molecule has 0 fully saturated rings. The van der Waals surface area contributed by atoms with Gasteiger partial charge in [-0.2, -0.15) is 0 Å². The Bertz CT molecular complexity index is 806. The van der Waals surface area contributed by atoms with Gasteiger partial charge in [0, 0.05) is 25.6 Å². The van der Waals surface area contributed by atoms with Crippen LogP contribution in [0.3, 0.4) is 0 Å². The van der Waals surface area contributed by atoms with Crippen molar-refractivity contribution < 1.29 is 9.47 Å². The molecular weight excluding hydrogens is 477 g/mol. The second-order valence-corrected chi connectivity index (χ2v) is 7.75. The highest BCUT2D eigenvalue weighted by Crippen LogP contribution is 2.39. The normalized spacial score (nSPS) is 17.5. The van der Waals surface area contributed by atoms with Crippen molar-refractivity contribution in [3.8, 4) is 5.75 Å². The van der Waals surface area contributed by atoms with Crippen molar-refractivity contribution in [1.29, 1.82) is 0 Å². The largest absolute Gasteiger partial charge is 0.487 e. The highest BCUT2D eigenvalue weighted by atomic mass is 127. The van der Waals surface area contributed by atoms with E-state index in [1.54, 1.807) is 7.11 Å². The Morgan fingerprint density at radius 2 is 1.83 bits per heavy atom. The van der Waals surface area contributed by atoms with E-state index in [2.05, 4.69) is 67.8 Å². The SMILES string of the molecule is CCNC(=NCc1ccc(COC)cc1)NC1CC(C)(C)Oc2ccccc21.I. The molecule has 0 spiro atoms. The van der Waals surface area contributed by atoms with Gasteiger partial charge in [-0.05, 0) is 38.0 Å². The monoisotopic (exact) mass is 509 g/mol. The lowest BCUT2D eigenvalue weighted by Crippen LogP contribution is -2.45. The Kier molecular flexibility index (Phi) is 8.77. The second-order valence-electron chi connectivity index (χ2n) is 7.75. The number of ether oxygens (including phenoxy) is 2. The van der Waals surface area contributed by atoms with Crippen LogP contribution in [0.1, 0.15) is 49.9 Å². The third kappa shape index (κ3) is 6.60. The predicted octanol–water partition coefficient (Wildman–Crippen LogP) is 4.81. The minimum Gasteiger partial charge on any atom is -0.487 e. The van der Waals surface area contributed by atoms with Crippen LogP contribution in [0.25, 0.3) is 0 Å². The third-order valence-corrected chi connectivity index (χ3v) is 4.79. The number of para-hydroxylation sites is 1. The number of aliphatic imine (C=N–C) groups is 1. The summed E-state index contributed by atoms with van der Waals surface area (Å²) in [6, 6.07) is 16.8. The quantitative estimate of drug-likeness (QED) is 0.334. The lowest BCUT2D eigenvalue weighted by Gasteiger charge is -2.38. The molecule has 2 aromatic rings.